The molecule has 0 spiro atoms. The topological polar surface area (TPSA) is 44.5 Å². The van der Waals surface area contributed by atoms with Crippen molar-refractivity contribution in [2.45, 2.75) is 13.0 Å². The summed E-state index contributed by atoms with van der Waals surface area (Å²) in [7, 11) is 1.59. The minimum absolute atomic E-state index is 0.237. The van der Waals surface area contributed by atoms with E-state index in [2.05, 4.69) is 0 Å². The molecule has 2 N–H and O–H groups in total. The van der Waals surface area contributed by atoms with E-state index in [4.69, 9.17) is 38.4 Å². The summed E-state index contributed by atoms with van der Waals surface area (Å²) < 4.78 is 11.2. The first-order valence-corrected chi connectivity index (χ1v) is 6.84. The number of halogens is 2. The van der Waals surface area contributed by atoms with Crippen LogP contribution in [0.15, 0.2) is 36.4 Å². The summed E-state index contributed by atoms with van der Waals surface area (Å²) in [5.74, 6) is 1.76. The van der Waals surface area contributed by atoms with Gasteiger partial charge in [0.1, 0.15) is 17.2 Å². The lowest BCUT2D eigenvalue weighted by atomic mass is 10.1. The number of ether oxygens (including phenoxy) is 2. The van der Waals surface area contributed by atoms with Crippen LogP contribution in [0, 0.1) is 0 Å². The van der Waals surface area contributed by atoms with Crippen LogP contribution in [0.5, 0.6) is 17.2 Å². The Morgan fingerprint density at radius 2 is 1.75 bits per heavy atom. The second-order valence-electron chi connectivity index (χ2n) is 4.34. The van der Waals surface area contributed by atoms with E-state index in [1.165, 1.54) is 0 Å². The van der Waals surface area contributed by atoms with Gasteiger partial charge in [-0.25, -0.2) is 0 Å². The summed E-state index contributed by atoms with van der Waals surface area (Å²) in [6, 6.07) is 10.3. The molecule has 0 saturated heterocycles. The molecule has 20 heavy (non-hydrogen) atoms. The van der Waals surface area contributed by atoms with E-state index in [9.17, 15) is 0 Å². The highest BCUT2D eigenvalue weighted by atomic mass is 35.5. The van der Waals surface area contributed by atoms with Gasteiger partial charge in [0, 0.05) is 17.1 Å². The van der Waals surface area contributed by atoms with Crippen LogP contribution in [0.2, 0.25) is 10.0 Å². The zero-order valence-electron chi connectivity index (χ0n) is 11.2. The van der Waals surface area contributed by atoms with Crippen LogP contribution < -0.4 is 15.2 Å². The Labute approximate surface area is 128 Å². The average Bonchev–Trinajstić information content (AvgIpc) is 2.42. The number of hydrogen-bond acceptors (Lipinski definition) is 3. The number of hydrogen-bond donors (Lipinski definition) is 1. The second kappa shape index (κ2) is 6.35. The van der Waals surface area contributed by atoms with E-state index < -0.39 is 0 Å². The Morgan fingerprint density at radius 1 is 1.05 bits per heavy atom. The van der Waals surface area contributed by atoms with E-state index in [0.29, 0.717) is 27.3 Å². The molecule has 3 nitrogen and oxygen atoms in total. The molecule has 0 fully saturated rings. The molecule has 0 amide bonds. The Balaban J connectivity index is 2.45. The van der Waals surface area contributed by atoms with Gasteiger partial charge >= 0.3 is 0 Å². The van der Waals surface area contributed by atoms with Crippen molar-refractivity contribution in [3.63, 3.8) is 0 Å². The largest absolute Gasteiger partial charge is 0.496 e. The third-order valence-corrected chi connectivity index (χ3v) is 3.36. The number of benzene rings is 2. The van der Waals surface area contributed by atoms with Gasteiger partial charge in [0.25, 0.3) is 0 Å². The van der Waals surface area contributed by atoms with Gasteiger partial charge in [-0.2, -0.15) is 0 Å². The Kier molecular flexibility index (Phi) is 4.76. The fraction of sp³-hybridized carbons (Fsp3) is 0.200. The van der Waals surface area contributed by atoms with Gasteiger partial charge in [-0.3, -0.25) is 0 Å². The van der Waals surface area contributed by atoms with Crippen LogP contribution in [0.1, 0.15) is 18.5 Å². The first-order chi connectivity index (χ1) is 9.52. The predicted octanol–water partition coefficient (Wildman–Crippen LogP) is 4.81. The summed E-state index contributed by atoms with van der Waals surface area (Å²) in [6.07, 6.45) is 0. The van der Waals surface area contributed by atoms with Gasteiger partial charge in [0.05, 0.1) is 17.7 Å². The van der Waals surface area contributed by atoms with E-state index >= 15 is 0 Å². The first kappa shape index (κ1) is 15.0. The van der Waals surface area contributed by atoms with Gasteiger partial charge in [-0.1, -0.05) is 29.3 Å². The summed E-state index contributed by atoms with van der Waals surface area (Å²) in [5.41, 5.74) is 6.78. The van der Waals surface area contributed by atoms with E-state index in [-0.39, 0.29) is 6.04 Å². The van der Waals surface area contributed by atoms with Crippen molar-refractivity contribution >= 4 is 23.2 Å². The Bertz CT molecular complexity index is 615. The zero-order chi connectivity index (χ0) is 14.7. The molecular formula is C15H15Cl2NO2. The molecule has 106 valence electrons. The van der Waals surface area contributed by atoms with Gasteiger partial charge in [0.2, 0.25) is 0 Å². The van der Waals surface area contributed by atoms with Crippen molar-refractivity contribution < 1.29 is 9.47 Å². The highest BCUT2D eigenvalue weighted by Crippen LogP contribution is 2.38. The molecule has 0 unspecified atom stereocenters. The lowest BCUT2D eigenvalue weighted by molar-refractivity contribution is 0.397. The molecule has 5 heteroatoms. The normalized spacial score (nSPS) is 12.1. The second-order valence-corrected chi connectivity index (χ2v) is 5.18. The molecule has 1 atom stereocenters. The van der Waals surface area contributed by atoms with Crippen LogP contribution in [-0.2, 0) is 0 Å². The quantitative estimate of drug-likeness (QED) is 0.880. The number of methoxy groups -OCH3 is 1. The summed E-state index contributed by atoms with van der Waals surface area (Å²) in [5, 5.41) is 1.03. The average molecular weight is 312 g/mol. The van der Waals surface area contributed by atoms with Crippen molar-refractivity contribution in [1.82, 2.24) is 0 Å². The fourth-order valence-corrected chi connectivity index (χ4v) is 2.23. The van der Waals surface area contributed by atoms with Crippen LogP contribution in [0.4, 0.5) is 0 Å². The van der Waals surface area contributed by atoms with Gasteiger partial charge in [-0.15, -0.1) is 0 Å². The highest BCUT2D eigenvalue weighted by molar-refractivity contribution is 6.34. The van der Waals surface area contributed by atoms with Crippen LogP contribution in [0.25, 0.3) is 0 Å². The summed E-state index contributed by atoms with van der Waals surface area (Å²) in [6.45, 7) is 1.87. The maximum Gasteiger partial charge on any atom is 0.147 e. The lowest BCUT2D eigenvalue weighted by Gasteiger charge is -2.17. The lowest BCUT2D eigenvalue weighted by Crippen LogP contribution is -2.08. The smallest absolute Gasteiger partial charge is 0.147 e. The number of rotatable bonds is 4. The Hall–Kier alpha value is -1.42. The van der Waals surface area contributed by atoms with Crippen molar-refractivity contribution in [2.75, 3.05) is 7.11 Å². The predicted molar refractivity (Wildman–Crippen MR) is 82.1 cm³/mol. The maximum atomic E-state index is 6.11. The molecule has 0 aliphatic heterocycles. The van der Waals surface area contributed by atoms with E-state index in [1.807, 2.05) is 25.1 Å². The monoisotopic (exact) mass is 311 g/mol. The molecule has 2 aromatic carbocycles. The SMILES string of the molecule is COc1cccc(Oc2cc(Cl)ccc2Cl)c1[C@@H](C)N. The van der Waals surface area contributed by atoms with Gasteiger partial charge in [-0.05, 0) is 31.2 Å². The molecule has 0 saturated carbocycles. The van der Waals surface area contributed by atoms with Gasteiger partial charge in [0.15, 0.2) is 0 Å². The van der Waals surface area contributed by atoms with Crippen molar-refractivity contribution in [3.05, 3.63) is 52.0 Å². The molecule has 0 heterocycles. The minimum Gasteiger partial charge on any atom is -0.496 e. The summed E-state index contributed by atoms with van der Waals surface area (Å²) in [4.78, 5) is 0. The van der Waals surface area contributed by atoms with Crippen molar-refractivity contribution in [1.29, 1.82) is 0 Å². The van der Waals surface area contributed by atoms with Gasteiger partial charge < -0.3 is 15.2 Å². The first-order valence-electron chi connectivity index (χ1n) is 6.08. The van der Waals surface area contributed by atoms with Crippen LogP contribution in [-0.4, -0.2) is 7.11 Å². The molecule has 0 aromatic heterocycles. The molecule has 2 aromatic rings. The molecule has 0 aliphatic rings. The molecule has 0 bridgehead atoms. The summed E-state index contributed by atoms with van der Waals surface area (Å²) >= 11 is 12.1. The standard InChI is InChI=1S/C15H15Cl2NO2/c1-9(18)15-12(19-2)4-3-5-13(15)20-14-8-10(16)6-7-11(14)17/h3-9H,18H2,1-2H3/t9-/m1/s1. The molecule has 0 aliphatic carbocycles. The van der Waals surface area contributed by atoms with E-state index in [0.717, 1.165) is 5.56 Å². The van der Waals surface area contributed by atoms with Crippen molar-refractivity contribution in [3.8, 4) is 17.2 Å². The molecule has 2 rings (SSSR count). The van der Waals surface area contributed by atoms with Crippen LogP contribution >= 0.6 is 23.2 Å². The third kappa shape index (κ3) is 3.18. The Morgan fingerprint density at radius 3 is 2.40 bits per heavy atom. The fourth-order valence-electron chi connectivity index (χ4n) is 1.91. The maximum absolute atomic E-state index is 6.11. The molecular weight excluding hydrogens is 297 g/mol. The highest BCUT2D eigenvalue weighted by Gasteiger charge is 2.16. The van der Waals surface area contributed by atoms with Crippen LogP contribution in [0.3, 0.4) is 0 Å². The molecule has 0 radical (unpaired) electrons. The third-order valence-electron chi connectivity index (χ3n) is 2.81. The number of nitrogens with two attached hydrogens (primary N) is 1. The zero-order valence-corrected chi connectivity index (χ0v) is 12.7. The van der Waals surface area contributed by atoms with Crippen molar-refractivity contribution in [2.24, 2.45) is 5.73 Å². The minimum atomic E-state index is -0.237. The van der Waals surface area contributed by atoms with E-state index in [1.54, 1.807) is 25.3 Å².